The Balaban J connectivity index is 1.67. The summed E-state index contributed by atoms with van der Waals surface area (Å²) in [4.78, 5) is 12.2. The summed E-state index contributed by atoms with van der Waals surface area (Å²) in [5, 5.41) is 5.03. The molecule has 24 heavy (non-hydrogen) atoms. The maximum atomic E-state index is 12.2. The molecule has 0 heterocycles. The van der Waals surface area contributed by atoms with Crippen molar-refractivity contribution in [3.8, 4) is 5.75 Å². The standard InChI is InChI=1S/C20H18BrNO2/c1-2-14-10-11-19(17(21)12-14)24-13-20(23)22-18-9-5-7-15-6-3-4-8-16(15)18/h3-12H,2,13H2,1H3,(H,22,23). The van der Waals surface area contributed by atoms with E-state index in [9.17, 15) is 4.79 Å². The summed E-state index contributed by atoms with van der Waals surface area (Å²) in [7, 11) is 0. The van der Waals surface area contributed by atoms with E-state index in [4.69, 9.17) is 4.74 Å². The number of carbonyl (C=O) groups is 1. The number of nitrogens with one attached hydrogen (secondary N) is 1. The van der Waals surface area contributed by atoms with E-state index in [0.29, 0.717) is 5.75 Å². The van der Waals surface area contributed by atoms with Crippen LogP contribution < -0.4 is 10.1 Å². The molecule has 0 aliphatic carbocycles. The van der Waals surface area contributed by atoms with E-state index in [0.717, 1.165) is 27.4 Å². The average molecular weight is 384 g/mol. The molecule has 1 N–H and O–H groups in total. The summed E-state index contributed by atoms with van der Waals surface area (Å²) in [6.45, 7) is 2.06. The van der Waals surface area contributed by atoms with E-state index < -0.39 is 0 Å². The highest BCUT2D eigenvalue weighted by Gasteiger charge is 2.08. The van der Waals surface area contributed by atoms with Gasteiger partial charge in [0.15, 0.2) is 6.61 Å². The van der Waals surface area contributed by atoms with E-state index in [1.807, 2.05) is 60.7 Å². The first-order valence-electron chi connectivity index (χ1n) is 7.86. The molecular weight excluding hydrogens is 366 g/mol. The first-order chi connectivity index (χ1) is 11.7. The van der Waals surface area contributed by atoms with Crippen LogP contribution in [0.15, 0.2) is 65.1 Å². The van der Waals surface area contributed by atoms with Crippen LogP contribution in [-0.4, -0.2) is 12.5 Å². The van der Waals surface area contributed by atoms with Crippen molar-refractivity contribution in [1.82, 2.24) is 0 Å². The third kappa shape index (κ3) is 3.77. The predicted molar refractivity (Wildman–Crippen MR) is 102 cm³/mol. The first-order valence-corrected chi connectivity index (χ1v) is 8.65. The van der Waals surface area contributed by atoms with E-state index in [1.54, 1.807) is 0 Å². The third-order valence-corrected chi connectivity index (χ3v) is 4.45. The van der Waals surface area contributed by atoms with Crippen LogP contribution in [0.4, 0.5) is 5.69 Å². The van der Waals surface area contributed by atoms with Crippen LogP contribution in [0.1, 0.15) is 12.5 Å². The quantitative estimate of drug-likeness (QED) is 0.658. The number of hydrogen-bond acceptors (Lipinski definition) is 2. The molecule has 0 unspecified atom stereocenters. The smallest absolute Gasteiger partial charge is 0.262 e. The van der Waals surface area contributed by atoms with Crippen molar-refractivity contribution in [2.45, 2.75) is 13.3 Å². The van der Waals surface area contributed by atoms with Gasteiger partial charge in [-0.2, -0.15) is 0 Å². The lowest BCUT2D eigenvalue weighted by Gasteiger charge is -2.11. The van der Waals surface area contributed by atoms with Crippen molar-refractivity contribution in [2.24, 2.45) is 0 Å². The van der Waals surface area contributed by atoms with E-state index >= 15 is 0 Å². The molecule has 0 bridgehead atoms. The Morgan fingerprint density at radius 2 is 1.88 bits per heavy atom. The Morgan fingerprint density at radius 1 is 1.08 bits per heavy atom. The maximum Gasteiger partial charge on any atom is 0.262 e. The highest BCUT2D eigenvalue weighted by atomic mass is 79.9. The largest absolute Gasteiger partial charge is 0.483 e. The van der Waals surface area contributed by atoms with E-state index in [1.165, 1.54) is 5.56 Å². The van der Waals surface area contributed by atoms with Gasteiger partial charge in [-0.3, -0.25) is 4.79 Å². The SMILES string of the molecule is CCc1ccc(OCC(=O)Nc2cccc3ccccc23)c(Br)c1. The fourth-order valence-corrected chi connectivity index (χ4v) is 3.09. The van der Waals surface area contributed by atoms with Gasteiger partial charge in [0.2, 0.25) is 0 Å². The van der Waals surface area contributed by atoms with Crippen LogP contribution in [-0.2, 0) is 11.2 Å². The molecule has 0 aliphatic rings. The van der Waals surface area contributed by atoms with Gasteiger partial charge >= 0.3 is 0 Å². The number of halogens is 1. The zero-order valence-electron chi connectivity index (χ0n) is 13.4. The molecule has 0 fully saturated rings. The molecule has 0 atom stereocenters. The lowest BCUT2D eigenvalue weighted by Crippen LogP contribution is -2.20. The normalized spacial score (nSPS) is 10.6. The number of ether oxygens (including phenoxy) is 1. The van der Waals surface area contributed by atoms with Crippen LogP contribution >= 0.6 is 15.9 Å². The number of anilines is 1. The van der Waals surface area contributed by atoms with Gasteiger partial charge in [0.1, 0.15) is 5.75 Å². The lowest BCUT2D eigenvalue weighted by atomic mass is 10.1. The number of hydrogen-bond donors (Lipinski definition) is 1. The highest BCUT2D eigenvalue weighted by Crippen LogP contribution is 2.26. The Hall–Kier alpha value is -2.33. The number of fused-ring (bicyclic) bond motifs is 1. The number of rotatable bonds is 5. The summed E-state index contributed by atoms with van der Waals surface area (Å²) in [6, 6.07) is 19.7. The van der Waals surface area contributed by atoms with Gasteiger partial charge in [-0.25, -0.2) is 0 Å². The topological polar surface area (TPSA) is 38.3 Å². The van der Waals surface area contributed by atoms with Crippen molar-refractivity contribution in [2.75, 3.05) is 11.9 Å². The molecule has 122 valence electrons. The van der Waals surface area contributed by atoms with Crippen LogP contribution in [0.3, 0.4) is 0 Å². The van der Waals surface area contributed by atoms with Gasteiger partial charge in [-0.05, 0) is 51.5 Å². The molecule has 4 heteroatoms. The summed E-state index contributed by atoms with van der Waals surface area (Å²) < 4.78 is 6.48. The molecule has 3 rings (SSSR count). The minimum absolute atomic E-state index is 0.0344. The molecule has 0 saturated heterocycles. The minimum atomic E-state index is -0.183. The minimum Gasteiger partial charge on any atom is -0.483 e. The Kier molecular flexibility index (Phi) is 5.16. The predicted octanol–water partition coefficient (Wildman–Crippen LogP) is 5.18. The molecule has 0 aromatic heterocycles. The number of carbonyl (C=O) groups excluding carboxylic acids is 1. The summed E-state index contributed by atoms with van der Waals surface area (Å²) in [5.74, 6) is 0.484. The van der Waals surface area contributed by atoms with Gasteiger partial charge in [0.25, 0.3) is 5.91 Å². The van der Waals surface area contributed by atoms with Gasteiger partial charge < -0.3 is 10.1 Å². The van der Waals surface area contributed by atoms with Gasteiger partial charge in [-0.1, -0.05) is 49.4 Å². The van der Waals surface area contributed by atoms with Crippen molar-refractivity contribution in [1.29, 1.82) is 0 Å². The zero-order valence-corrected chi connectivity index (χ0v) is 15.0. The number of benzene rings is 3. The fourth-order valence-electron chi connectivity index (χ4n) is 2.55. The Bertz CT molecular complexity index is 871. The molecule has 0 saturated carbocycles. The molecule has 0 spiro atoms. The Labute approximate surface area is 149 Å². The maximum absolute atomic E-state index is 12.2. The van der Waals surface area contributed by atoms with Crippen molar-refractivity contribution in [3.05, 3.63) is 70.7 Å². The van der Waals surface area contributed by atoms with Crippen molar-refractivity contribution >= 4 is 38.3 Å². The van der Waals surface area contributed by atoms with Crippen molar-refractivity contribution < 1.29 is 9.53 Å². The molecule has 1 amide bonds. The van der Waals surface area contributed by atoms with Gasteiger partial charge in [-0.15, -0.1) is 0 Å². The van der Waals surface area contributed by atoms with E-state index in [-0.39, 0.29) is 12.5 Å². The zero-order chi connectivity index (χ0) is 16.9. The fraction of sp³-hybridized carbons (Fsp3) is 0.150. The highest BCUT2D eigenvalue weighted by molar-refractivity contribution is 9.10. The van der Waals surface area contributed by atoms with Gasteiger partial charge in [0, 0.05) is 11.1 Å². The second kappa shape index (κ2) is 7.49. The molecule has 0 aliphatic heterocycles. The summed E-state index contributed by atoms with van der Waals surface area (Å²) in [6.07, 6.45) is 0.959. The average Bonchev–Trinajstić information content (AvgIpc) is 2.61. The molecular formula is C20H18BrNO2. The van der Waals surface area contributed by atoms with Crippen molar-refractivity contribution in [3.63, 3.8) is 0 Å². The van der Waals surface area contributed by atoms with E-state index in [2.05, 4.69) is 28.2 Å². The molecule has 3 aromatic rings. The molecule has 3 aromatic carbocycles. The van der Waals surface area contributed by atoms with Gasteiger partial charge in [0.05, 0.1) is 4.47 Å². The van der Waals surface area contributed by atoms with Crippen LogP contribution in [0.25, 0.3) is 10.8 Å². The van der Waals surface area contributed by atoms with Crippen LogP contribution in [0.5, 0.6) is 5.75 Å². The summed E-state index contributed by atoms with van der Waals surface area (Å²) in [5.41, 5.74) is 2.01. The molecule has 3 nitrogen and oxygen atoms in total. The third-order valence-electron chi connectivity index (χ3n) is 3.83. The lowest BCUT2D eigenvalue weighted by molar-refractivity contribution is -0.118. The second-order valence-corrected chi connectivity index (χ2v) is 6.34. The first kappa shape index (κ1) is 16.5. The number of aryl methyl sites for hydroxylation is 1. The second-order valence-electron chi connectivity index (χ2n) is 5.48. The number of amides is 1. The van der Waals surface area contributed by atoms with Crippen LogP contribution in [0, 0.1) is 0 Å². The summed E-state index contributed by atoms with van der Waals surface area (Å²) >= 11 is 3.48. The monoisotopic (exact) mass is 383 g/mol. The van der Waals surface area contributed by atoms with Crippen LogP contribution in [0.2, 0.25) is 0 Å². The molecule has 0 radical (unpaired) electrons. The Morgan fingerprint density at radius 3 is 2.67 bits per heavy atom.